The smallest absolute Gasteiger partial charge is 0.247 e. The third-order valence-electron chi connectivity index (χ3n) is 9.60. The SMILES string of the molecule is CC1(C)c2cccc3c2B(c2cccc(N(c4ccccc4)c4ccccc4)c21)c1cccc2c4ccccc4n-3c12. The van der Waals surface area contributed by atoms with Crippen molar-refractivity contribution >= 4 is 62.0 Å². The van der Waals surface area contributed by atoms with Crippen LogP contribution in [0.4, 0.5) is 17.1 Å². The van der Waals surface area contributed by atoms with Crippen LogP contribution in [0.1, 0.15) is 25.0 Å². The lowest BCUT2D eigenvalue weighted by atomic mass is 9.30. The molecule has 3 heterocycles. The largest absolute Gasteiger partial charge is 0.310 e. The van der Waals surface area contributed by atoms with Crippen molar-refractivity contribution in [3.05, 3.63) is 151 Å². The van der Waals surface area contributed by atoms with Gasteiger partial charge in [-0.2, -0.15) is 0 Å². The fourth-order valence-corrected chi connectivity index (χ4v) is 7.98. The van der Waals surface area contributed by atoms with Gasteiger partial charge in [0.15, 0.2) is 0 Å². The van der Waals surface area contributed by atoms with Gasteiger partial charge in [0.25, 0.3) is 0 Å². The molecule has 0 fully saturated rings. The second-order valence-corrected chi connectivity index (χ2v) is 12.1. The molecule has 0 saturated heterocycles. The molecule has 0 saturated carbocycles. The molecule has 6 aromatic carbocycles. The lowest BCUT2D eigenvalue weighted by Crippen LogP contribution is -2.63. The Morgan fingerprint density at radius 3 is 1.95 bits per heavy atom. The zero-order valence-corrected chi connectivity index (χ0v) is 23.8. The number of hydrogen-bond donors (Lipinski definition) is 0. The number of para-hydroxylation sites is 4. The Morgan fingerprint density at radius 2 is 1.19 bits per heavy atom. The third kappa shape index (κ3) is 3.00. The van der Waals surface area contributed by atoms with Crippen molar-refractivity contribution in [3.63, 3.8) is 0 Å². The molecular formula is C39H29BN2. The molecule has 7 aromatic rings. The minimum atomic E-state index is -0.218. The van der Waals surface area contributed by atoms with Gasteiger partial charge in [0.2, 0.25) is 6.71 Å². The molecule has 0 amide bonds. The van der Waals surface area contributed by atoms with Gasteiger partial charge in [-0.15, -0.1) is 0 Å². The van der Waals surface area contributed by atoms with Crippen molar-refractivity contribution in [3.8, 4) is 5.69 Å². The van der Waals surface area contributed by atoms with Crippen molar-refractivity contribution < 1.29 is 0 Å². The average molecular weight is 536 g/mol. The molecule has 9 rings (SSSR count). The zero-order valence-electron chi connectivity index (χ0n) is 23.8. The van der Waals surface area contributed by atoms with E-state index < -0.39 is 0 Å². The summed E-state index contributed by atoms with van der Waals surface area (Å²) in [5.41, 5.74) is 14.3. The van der Waals surface area contributed by atoms with Crippen molar-refractivity contribution in [2.75, 3.05) is 4.90 Å². The summed E-state index contributed by atoms with van der Waals surface area (Å²) in [4.78, 5) is 2.44. The summed E-state index contributed by atoms with van der Waals surface area (Å²) in [6.07, 6.45) is 0. The van der Waals surface area contributed by atoms with E-state index in [1.54, 1.807) is 0 Å². The summed E-state index contributed by atoms with van der Waals surface area (Å²) in [7, 11) is 0. The highest BCUT2D eigenvalue weighted by molar-refractivity contribution is 6.99. The van der Waals surface area contributed by atoms with Gasteiger partial charge in [-0.3, -0.25) is 0 Å². The fourth-order valence-electron chi connectivity index (χ4n) is 7.98. The van der Waals surface area contributed by atoms with Gasteiger partial charge in [-0.1, -0.05) is 116 Å². The van der Waals surface area contributed by atoms with Crippen LogP contribution < -0.4 is 21.3 Å². The molecular weight excluding hydrogens is 507 g/mol. The van der Waals surface area contributed by atoms with Crippen LogP contribution in [0.3, 0.4) is 0 Å². The highest BCUT2D eigenvalue weighted by atomic mass is 15.1. The lowest BCUT2D eigenvalue weighted by Gasteiger charge is -2.44. The molecule has 2 aliphatic rings. The first-order valence-corrected chi connectivity index (χ1v) is 14.8. The Hall–Kier alpha value is -5.02. The van der Waals surface area contributed by atoms with E-state index in [1.807, 2.05) is 0 Å². The quantitative estimate of drug-likeness (QED) is 0.210. The average Bonchev–Trinajstić information content (AvgIpc) is 3.37. The Labute approximate surface area is 246 Å². The van der Waals surface area contributed by atoms with Crippen LogP contribution in [0.15, 0.2) is 140 Å². The Morgan fingerprint density at radius 1 is 0.571 bits per heavy atom. The molecule has 0 atom stereocenters. The summed E-state index contributed by atoms with van der Waals surface area (Å²) in [6, 6.07) is 51.3. The summed E-state index contributed by atoms with van der Waals surface area (Å²) < 4.78 is 2.53. The minimum Gasteiger partial charge on any atom is -0.310 e. The monoisotopic (exact) mass is 536 g/mol. The van der Waals surface area contributed by atoms with Crippen molar-refractivity contribution in [2.45, 2.75) is 19.3 Å². The molecule has 198 valence electrons. The van der Waals surface area contributed by atoms with Crippen molar-refractivity contribution in [1.82, 2.24) is 4.57 Å². The predicted octanol–water partition coefficient (Wildman–Crippen LogP) is 7.72. The van der Waals surface area contributed by atoms with Gasteiger partial charge in [0, 0.05) is 44.5 Å². The van der Waals surface area contributed by atoms with Gasteiger partial charge >= 0.3 is 0 Å². The van der Waals surface area contributed by atoms with Gasteiger partial charge in [-0.05, 0) is 64.5 Å². The highest BCUT2D eigenvalue weighted by Crippen LogP contribution is 2.45. The maximum atomic E-state index is 2.53. The maximum absolute atomic E-state index is 2.53. The minimum absolute atomic E-state index is 0.160. The molecule has 2 nitrogen and oxygen atoms in total. The number of benzene rings is 6. The summed E-state index contributed by atoms with van der Waals surface area (Å²) >= 11 is 0. The van der Waals surface area contributed by atoms with E-state index in [0.717, 1.165) is 0 Å². The predicted molar refractivity (Wildman–Crippen MR) is 179 cm³/mol. The van der Waals surface area contributed by atoms with Gasteiger partial charge in [-0.25, -0.2) is 0 Å². The molecule has 42 heavy (non-hydrogen) atoms. The van der Waals surface area contributed by atoms with Crippen molar-refractivity contribution in [2.24, 2.45) is 0 Å². The summed E-state index contributed by atoms with van der Waals surface area (Å²) in [5, 5.41) is 2.65. The van der Waals surface area contributed by atoms with Crippen LogP contribution in [0, 0.1) is 0 Å². The van der Waals surface area contributed by atoms with Crippen LogP contribution in [-0.2, 0) is 5.41 Å². The van der Waals surface area contributed by atoms with Gasteiger partial charge < -0.3 is 9.47 Å². The fraction of sp³-hybridized carbons (Fsp3) is 0.0769. The number of fused-ring (bicyclic) bond motifs is 7. The molecule has 3 heteroatoms. The third-order valence-corrected chi connectivity index (χ3v) is 9.60. The van der Waals surface area contributed by atoms with Crippen LogP contribution in [0.5, 0.6) is 0 Å². The van der Waals surface area contributed by atoms with Crippen LogP contribution >= 0.6 is 0 Å². The van der Waals surface area contributed by atoms with E-state index in [-0.39, 0.29) is 12.1 Å². The second-order valence-electron chi connectivity index (χ2n) is 12.1. The van der Waals surface area contributed by atoms with E-state index in [1.165, 1.54) is 72.1 Å². The Kier molecular flexibility index (Phi) is 4.79. The van der Waals surface area contributed by atoms with Gasteiger partial charge in [0.05, 0.1) is 5.52 Å². The number of hydrogen-bond acceptors (Lipinski definition) is 1. The topological polar surface area (TPSA) is 8.17 Å². The van der Waals surface area contributed by atoms with Gasteiger partial charge in [0.1, 0.15) is 0 Å². The van der Waals surface area contributed by atoms with E-state index in [4.69, 9.17) is 0 Å². The molecule has 2 aliphatic heterocycles. The number of rotatable bonds is 3. The number of anilines is 3. The molecule has 0 spiro atoms. The first-order chi connectivity index (χ1) is 20.6. The van der Waals surface area contributed by atoms with E-state index in [0.29, 0.717) is 0 Å². The molecule has 0 aliphatic carbocycles. The molecule has 0 unspecified atom stereocenters. The van der Waals surface area contributed by atoms with Crippen LogP contribution in [0.25, 0.3) is 27.5 Å². The van der Waals surface area contributed by atoms with Crippen LogP contribution in [0.2, 0.25) is 0 Å². The van der Waals surface area contributed by atoms with E-state index in [2.05, 4.69) is 163 Å². The molecule has 0 N–H and O–H groups in total. The first kappa shape index (κ1) is 23.7. The number of nitrogens with zero attached hydrogens (tertiary/aromatic N) is 2. The second kappa shape index (κ2) is 8.50. The standard InChI is InChI=1S/C39H29BN2/c1-39(2)30-20-12-25-35-37(30)40(32-22-11-19-29-28-18-9-10-23-33(28)42(35)38(29)32)31-21-13-24-34(36(31)39)41(26-14-5-3-6-15-26)27-16-7-4-8-17-27/h3-25H,1-2H3. The first-order valence-electron chi connectivity index (χ1n) is 14.8. The molecule has 1 aromatic heterocycles. The molecule has 0 bridgehead atoms. The van der Waals surface area contributed by atoms with Crippen LogP contribution in [-0.4, -0.2) is 11.3 Å². The summed E-state index contributed by atoms with van der Waals surface area (Å²) in [6.45, 7) is 4.99. The lowest BCUT2D eigenvalue weighted by molar-refractivity contribution is 0.646. The Bertz CT molecular complexity index is 2140. The maximum Gasteiger partial charge on any atom is 0.247 e. The number of aromatic nitrogens is 1. The van der Waals surface area contributed by atoms with Crippen molar-refractivity contribution in [1.29, 1.82) is 0 Å². The van der Waals surface area contributed by atoms with E-state index in [9.17, 15) is 0 Å². The highest BCUT2D eigenvalue weighted by Gasteiger charge is 2.46. The van der Waals surface area contributed by atoms with E-state index >= 15 is 0 Å². The molecule has 0 radical (unpaired) electrons. The normalized spacial score (nSPS) is 14.1. The Balaban J connectivity index is 1.41. The summed E-state index contributed by atoms with van der Waals surface area (Å²) in [5.74, 6) is 0. The zero-order chi connectivity index (χ0) is 28.0.